The van der Waals surface area contributed by atoms with Gasteiger partial charge in [0.15, 0.2) is 11.3 Å². The zero-order valence-electron chi connectivity index (χ0n) is 17.1. The average molecular weight is 410 g/mol. The topological polar surface area (TPSA) is 70.7 Å². The first-order valence-corrected chi connectivity index (χ1v) is 10.1. The zero-order chi connectivity index (χ0) is 21.8. The predicted molar refractivity (Wildman–Crippen MR) is 124 cm³/mol. The highest BCUT2D eigenvalue weighted by atomic mass is 16.4. The summed E-state index contributed by atoms with van der Waals surface area (Å²) in [4.78, 5) is 10.8. The number of hydrogen-bond acceptors (Lipinski definition) is 3. The fraction of sp³-hybridized carbons (Fsp3) is 0.0741. The number of para-hydroxylation sites is 1. The van der Waals surface area contributed by atoms with Crippen LogP contribution < -0.4 is 0 Å². The standard InChI is InChI=1S/C27H22O4/c1-2-21(19-7-4-3-5-8-19)26(20-14-11-18(12-15-20)13-16-25(29)30)23-17-31-27-22(23)9-6-10-24(27)28/h3-17,28H,2H2,1H3,(H,29,30). The number of carboxylic acid groups (broad SMARTS) is 1. The predicted octanol–water partition coefficient (Wildman–Crippen LogP) is 6.61. The Kier molecular flexibility index (Phi) is 5.72. The van der Waals surface area contributed by atoms with Crippen LogP contribution in [0.5, 0.6) is 5.75 Å². The lowest BCUT2D eigenvalue weighted by molar-refractivity contribution is -0.131. The Hall–Kier alpha value is -4.05. The molecule has 4 rings (SSSR count). The highest BCUT2D eigenvalue weighted by molar-refractivity contribution is 6.06. The number of carboxylic acids is 1. The lowest BCUT2D eigenvalue weighted by atomic mass is 9.87. The molecule has 0 saturated heterocycles. The molecule has 0 atom stereocenters. The van der Waals surface area contributed by atoms with Crippen LogP contribution in [-0.4, -0.2) is 16.2 Å². The van der Waals surface area contributed by atoms with E-state index in [0.29, 0.717) is 5.58 Å². The molecule has 0 saturated carbocycles. The molecule has 31 heavy (non-hydrogen) atoms. The molecule has 1 heterocycles. The third-order valence-corrected chi connectivity index (χ3v) is 5.24. The summed E-state index contributed by atoms with van der Waals surface area (Å²) < 4.78 is 5.74. The van der Waals surface area contributed by atoms with Gasteiger partial charge in [0.25, 0.3) is 0 Å². The van der Waals surface area contributed by atoms with Gasteiger partial charge in [0.1, 0.15) is 0 Å². The summed E-state index contributed by atoms with van der Waals surface area (Å²) in [5, 5.41) is 19.9. The number of fused-ring (bicyclic) bond motifs is 1. The molecule has 0 unspecified atom stereocenters. The van der Waals surface area contributed by atoms with E-state index in [1.807, 2.05) is 54.6 Å². The first kappa shape index (κ1) is 20.2. The Bertz CT molecular complexity index is 1280. The minimum Gasteiger partial charge on any atom is -0.504 e. The summed E-state index contributed by atoms with van der Waals surface area (Å²) in [6.07, 6.45) is 5.18. The Morgan fingerprint density at radius 1 is 0.935 bits per heavy atom. The molecule has 0 aliphatic rings. The summed E-state index contributed by atoms with van der Waals surface area (Å²) in [5.41, 5.74) is 6.44. The molecule has 0 spiro atoms. The van der Waals surface area contributed by atoms with Crippen LogP contribution in [0.1, 0.15) is 35.6 Å². The minimum absolute atomic E-state index is 0.106. The van der Waals surface area contributed by atoms with Gasteiger partial charge in [-0.3, -0.25) is 0 Å². The Labute approximate surface area is 180 Å². The van der Waals surface area contributed by atoms with E-state index in [2.05, 4.69) is 19.1 Å². The molecule has 0 bridgehead atoms. The maximum Gasteiger partial charge on any atom is 0.328 e. The normalized spacial score (nSPS) is 12.3. The van der Waals surface area contributed by atoms with Crippen molar-refractivity contribution < 1.29 is 19.4 Å². The molecule has 4 heteroatoms. The number of phenolic OH excluding ortho intramolecular Hbond substituents is 1. The molecular weight excluding hydrogens is 388 g/mol. The molecule has 0 aliphatic carbocycles. The van der Waals surface area contributed by atoms with Gasteiger partial charge in [-0.2, -0.15) is 0 Å². The van der Waals surface area contributed by atoms with Gasteiger partial charge in [0, 0.05) is 17.0 Å². The first-order chi connectivity index (χ1) is 15.1. The van der Waals surface area contributed by atoms with Gasteiger partial charge in [-0.15, -0.1) is 0 Å². The summed E-state index contributed by atoms with van der Waals surface area (Å²) in [6, 6.07) is 23.3. The summed E-state index contributed by atoms with van der Waals surface area (Å²) in [7, 11) is 0. The smallest absolute Gasteiger partial charge is 0.328 e. The van der Waals surface area contributed by atoms with Crippen LogP contribution in [0.3, 0.4) is 0 Å². The molecule has 2 N–H and O–H groups in total. The highest BCUT2D eigenvalue weighted by Crippen LogP contribution is 2.40. The molecule has 154 valence electrons. The lowest BCUT2D eigenvalue weighted by Crippen LogP contribution is -1.95. The van der Waals surface area contributed by atoms with E-state index in [4.69, 9.17) is 9.52 Å². The molecule has 1 aromatic heterocycles. The molecule has 3 aromatic carbocycles. The second-order valence-electron chi connectivity index (χ2n) is 7.17. The molecule has 0 amide bonds. The quantitative estimate of drug-likeness (QED) is 0.277. The van der Waals surface area contributed by atoms with E-state index in [-0.39, 0.29) is 5.75 Å². The lowest BCUT2D eigenvalue weighted by Gasteiger charge is -2.15. The van der Waals surface area contributed by atoms with Gasteiger partial charge in [-0.05, 0) is 46.4 Å². The van der Waals surface area contributed by atoms with Gasteiger partial charge >= 0.3 is 5.97 Å². The summed E-state index contributed by atoms with van der Waals surface area (Å²) >= 11 is 0. The Morgan fingerprint density at radius 2 is 1.68 bits per heavy atom. The summed E-state index contributed by atoms with van der Waals surface area (Å²) in [6.45, 7) is 2.12. The van der Waals surface area contributed by atoms with Crippen molar-refractivity contribution in [2.24, 2.45) is 0 Å². The van der Waals surface area contributed by atoms with Crippen LogP contribution in [0.15, 0.2) is 89.6 Å². The van der Waals surface area contributed by atoms with Gasteiger partial charge in [0.05, 0.1) is 6.26 Å². The van der Waals surface area contributed by atoms with Crippen molar-refractivity contribution in [2.45, 2.75) is 13.3 Å². The van der Waals surface area contributed by atoms with Crippen LogP contribution in [0.25, 0.3) is 28.2 Å². The SMILES string of the molecule is CCC(=C(c1ccc(C=CC(=O)O)cc1)c1coc2c(O)cccc12)c1ccccc1. The van der Waals surface area contributed by atoms with Crippen molar-refractivity contribution >= 4 is 34.2 Å². The van der Waals surface area contributed by atoms with Crippen LogP contribution in [0, 0.1) is 0 Å². The fourth-order valence-corrected chi connectivity index (χ4v) is 3.82. The number of allylic oxidation sites excluding steroid dienone is 1. The number of hydrogen-bond donors (Lipinski definition) is 2. The van der Waals surface area contributed by atoms with Crippen molar-refractivity contribution in [1.29, 1.82) is 0 Å². The third-order valence-electron chi connectivity index (χ3n) is 5.24. The highest BCUT2D eigenvalue weighted by Gasteiger charge is 2.18. The molecule has 4 aromatic rings. The number of carbonyl (C=O) groups is 1. The van der Waals surface area contributed by atoms with Gasteiger partial charge < -0.3 is 14.6 Å². The fourth-order valence-electron chi connectivity index (χ4n) is 3.82. The largest absolute Gasteiger partial charge is 0.504 e. The van der Waals surface area contributed by atoms with E-state index in [9.17, 15) is 9.90 Å². The van der Waals surface area contributed by atoms with E-state index >= 15 is 0 Å². The first-order valence-electron chi connectivity index (χ1n) is 10.1. The minimum atomic E-state index is -0.980. The maximum absolute atomic E-state index is 10.8. The van der Waals surface area contributed by atoms with Crippen molar-refractivity contribution in [2.75, 3.05) is 0 Å². The number of furan rings is 1. The molecule has 0 radical (unpaired) electrons. The second-order valence-corrected chi connectivity index (χ2v) is 7.17. The zero-order valence-corrected chi connectivity index (χ0v) is 17.1. The van der Waals surface area contributed by atoms with Crippen molar-refractivity contribution in [3.05, 3.63) is 107 Å². The van der Waals surface area contributed by atoms with Crippen LogP contribution in [0.4, 0.5) is 0 Å². The van der Waals surface area contributed by atoms with Crippen LogP contribution >= 0.6 is 0 Å². The van der Waals surface area contributed by atoms with Crippen LogP contribution in [-0.2, 0) is 4.79 Å². The number of rotatable bonds is 6. The van der Waals surface area contributed by atoms with E-state index in [1.54, 1.807) is 18.4 Å². The maximum atomic E-state index is 10.8. The second kappa shape index (κ2) is 8.76. The molecule has 4 nitrogen and oxygen atoms in total. The third kappa shape index (κ3) is 4.14. The average Bonchev–Trinajstić information content (AvgIpc) is 3.22. The Balaban J connectivity index is 1.95. The number of aromatic hydroxyl groups is 1. The molecule has 0 aliphatic heterocycles. The van der Waals surface area contributed by atoms with Crippen molar-refractivity contribution in [3.8, 4) is 5.75 Å². The number of benzene rings is 3. The van der Waals surface area contributed by atoms with Gasteiger partial charge in [-0.1, -0.05) is 73.7 Å². The van der Waals surface area contributed by atoms with Crippen LogP contribution in [0.2, 0.25) is 0 Å². The van der Waals surface area contributed by atoms with E-state index in [0.717, 1.165) is 51.3 Å². The van der Waals surface area contributed by atoms with Gasteiger partial charge in [0.2, 0.25) is 0 Å². The molecule has 0 fully saturated rings. The van der Waals surface area contributed by atoms with E-state index in [1.165, 1.54) is 0 Å². The summed E-state index contributed by atoms with van der Waals surface area (Å²) in [5.74, 6) is -0.873. The van der Waals surface area contributed by atoms with Gasteiger partial charge in [-0.25, -0.2) is 4.79 Å². The molecular formula is C27H22O4. The number of aliphatic carboxylic acids is 1. The monoisotopic (exact) mass is 410 g/mol. The number of phenols is 1. The Morgan fingerprint density at radius 3 is 2.35 bits per heavy atom. The van der Waals surface area contributed by atoms with E-state index < -0.39 is 5.97 Å². The van der Waals surface area contributed by atoms with Crippen molar-refractivity contribution in [3.63, 3.8) is 0 Å². The van der Waals surface area contributed by atoms with Crippen molar-refractivity contribution in [1.82, 2.24) is 0 Å².